The van der Waals surface area contributed by atoms with E-state index in [9.17, 15) is 9.90 Å². The molecule has 0 radical (unpaired) electrons. The maximum Gasteiger partial charge on any atom is 0.356 e. The molecule has 2 aromatic rings. The molecular weight excluding hydrogens is 359 g/mol. The van der Waals surface area contributed by atoms with Crippen LogP contribution in [0.1, 0.15) is 30.3 Å². The predicted molar refractivity (Wildman–Crippen MR) is 95.1 cm³/mol. The Balaban J connectivity index is 2.52. The van der Waals surface area contributed by atoms with Crippen molar-refractivity contribution < 1.29 is 9.90 Å². The third kappa shape index (κ3) is 4.28. The summed E-state index contributed by atoms with van der Waals surface area (Å²) in [6.07, 6.45) is 1.95. The number of rotatable bonds is 6. The standard InChI is InChI=1S/C16H15Cl3N2O2/c1-2-3-6-20-13-8-12(21-15(14(13)19)16(22)23)10-5-4-9(17)7-11(10)18/h4-5,7-8H,2-3,6H2,1H3,(H,20,21)(H,22,23). The van der Waals surface area contributed by atoms with Crippen molar-refractivity contribution in [1.82, 2.24) is 4.98 Å². The molecule has 0 fully saturated rings. The topological polar surface area (TPSA) is 62.2 Å². The number of halogens is 3. The van der Waals surface area contributed by atoms with E-state index in [1.807, 2.05) is 0 Å². The van der Waals surface area contributed by atoms with Gasteiger partial charge in [-0.2, -0.15) is 0 Å². The molecule has 0 unspecified atom stereocenters. The van der Waals surface area contributed by atoms with Gasteiger partial charge >= 0.3 is 5.97 Å². The quantitative estimate of drug-likeness (QED) is 0.645. The fourth-order valence-corrected chi connectivity index (χ4v) is 2.78. The van der Waals surface area contributed by atoms with E-state index in [1.165, 1.54) is 0 Å². The Hall–Kier alpha value is -1.49. The zero-order chi connectivity index (χ0) is 17.0. The smallest absolute Gasteiger partial charge is 0.356 e. The molecule has 1 aromatic carbocycles. The van der Waals surface area contributed by atoms with Crippen molar-refractivity contribution >= 4 is 46.5 Å². The minimum Gasteiger partial charge on any atom is -0.476 e. The number of unbranched alkanes of at least 4 members (excludes halogenated alkanes) is 1. The normalized spacial score (nSPS) is 10.6. The monoisotopic (exact) mass is 372 g/mol. The summed E-state index contributed by atoms with van der Waals surface area (Å²) in [5, 5.41) is 13.4. The van der Waals surface area contributed by atoms with Crippen LogP contribution in [0.25, 0.3) is 11.3 Å². The number of hydrogen-bond donors (Lipinski definition) is 2. The van der Waals surface area contributed by atoms with E-state index in [2.05, 4.69) is 17.2 Å². The second kappa shape index (κ2) is 7.86. The molecule has 0 spiro atoms. The first-order chi connectivity index (χ1) is 10.9. The summed E-state index contributed by atoms with van der Waals surface area (Å²) in [7, 11) is 0. The lowest BCUT2D eigenvalue weighted by Crippen LogP contribution is -2.08. The average Bonchev–Trinajstić information content (AvgIpc) is 2.49. The Labute approximate surface area is 149 Å². The molecule has 0 aliphatic heterocycles. The van der Waals surface area contributed by atoms with Crippen molar-refractivity contribution in [2.24, 2.45) is 0 Å². The number of benzene rings is 1. The highest BCUT2D eigenvalue weighted by Crippen LogP contribution is 2.34. The molecule has 2 N–H and O–H groups in total. The molecule has 0 aliphatic carbocycles. The van der Waals surface area contributed by atoms with Crippen LogP contribution in [0.4, 0.5) is 5.69 Å². The van der Waals surface area contributed by atoms with Crippen LogP contribution in [0, 0.1) is 0 Å². The van der Waals surface area contributed by atoms with E-state index in [4.69, 9.17) is 34.8 Å². The van der Waals surface area contributed by atoms with E-state index in [1.54, 1.807) is 24.3 Å². The van der Waals surface area contributed by atoms with Gasteiger partial charge in [0.25, 0.3) is 0 Å². The molecule has 2 rings (SSSR count). The van der Waals surface area contributed by atoms with E-state index in [-0.39, 0.29) is 10.7 Å². The van der Waals surface area contributed by atoms with Crippen LogP contribution in [0.15, 0.2) is 24.3 Å². The largest absolute Gasteiger partial charge is 0.476 e. The molecule has 7 heteroatoms. The number of nitrogens with zero attached hydrogens (tertiary/aromatic N) is 1. The Morgan fingerprint density at radius 2 is 2.00 bits per heavy atom. The zero-order valence-corrected chi connectivity index (χ0v) is 14.6. The van der Waals surface area contributed by atoms with Gasteiger partial charge in [-0.25, -0.2) is 9.78 Å². The predicted octanol–water partition coefficient (Wildman–Crippen LogP) is 5.62. The van der Waals surface area contributed by atoms with Crippen LogP contribution < -0.4 is 5.32 Å². The van der Waals surface area contributed by atoms with Crippen molar-refractivity contribution in [1.29, 1.82) is 0 Å². The Bertz CT molecular complexity index is 736. The molecule has 1 heterocycles. The number of nitrogens with one attached hydrogen (secondary N) is 1. The lowest BCUT2D eigenvalue weighted by atomic mass is 10.1. The summed E-state index contributed by atoms with van der Waals surface area (Å²) in [6.45, 7) is 2.75. The number of anilines is 1. The highest BCUT2D eigenvalue weighted by atomic mass is 35.5. The molecule has 0 aliphatic rings. The lowest BCUT2D eigenvalue weighted by Gasteiger charge is -2.13. The number of aromatic carboxylic acids is 1. The first kappa shape index (κ1) is 17.9. The van der Waals surface area contributed by atoms with Crippen LogP contribution >= 0.6 is 34.8 Å². The molecule has 1 aromatic heterocycles. The maximum atomic E-state index is 11.4. The van der Waals surface area contributed by atoms with Gasteiger partial charge in [-0.05, 0) is 30.7 Å². The molecule has 23 heavy (non-hydrogen) atoms. The fourth-order valence-electron chi connectivity index (χ4n) is 2.03. The number of aromatic nitrogens is 1. The minimum atomic E-state index is -1.19. The summed E-state index contributed by atoms with van der Waals surface area (Å²) < 4.78 is 0. The van der Waals surface area contributed by atoms with Crippen LogP contribution in [0.2, 0.25) is 15.1 Å². The summed E-state index contributed by atoms with van der Waals surface area (Å²) in [4.78, 5) is 15.5. The van der Waals surface area contributed by atoms with Gasteiger partial charge < -0.3 is 10.4 Å². The third-order valence-corrected chi connectivity index (χ3v) is 4.14. The van der Waals surface area contributed by atoms with Gasteiger partial charge in [-0.1, -0.05) is 48.1 Å². The van der Waals surface area contributed by atoms with Crippen molar-refractivity contribution in [2.75, 3.05) is 11.9 Å². The SMILES string of the molecule is CCCCNc1cc(-c2ccc(Cl)cc2Cl)nc(C(=O)O)c1Cl. The van der Waals surface area contributed by atoms with Gasteiger partial charge in [0, 0.05) is 17.1 Å². The van der Waals surface area contributed by atoms with Crippen LogP contribution in [-0.2, 0) is 0 Å². The molecule has 0 bridgehead atoms. The van der Waals surface area contributed by atoms with Crippen LogP contribution in [0.5, 0.6) is 0 Å². The zero-order valence-electron chi connectivity index (χ0n) is 12.4. The average molecular weight is 374 g/mol. The third-order valence-electron chi connectivity index (χ3n) is 3.21. The lowest BCUT2D eigenvalue weighted by molar-refractivity contribution is 0.0691. The van der Waals surface area contributed by atoms with E-state index < -0.39 is 5.97 Å². The summed E-state index contributed by atoms with van der Waals surface area (Å²) in [5.41, 5.74) is 1.32. The van der Waals surface area contributed by atoms with Crippen molar-refractivity contribution in [2.45, 2.75) is 19.8 Å². The molecule has 0 saturated heterocycles. The van der Waals surface area contributed by atoms with Gasteiger partial charge in [0.15, 0.2) is 5.69 Å². The van der Waals surface area contributed by atoms with Gasteiger partial charge in [0.1, 0.15) is 0 Å². The second-order valence-corrected chi connectivity index (χ2v) is 6.15. The molecule has 122 valence electrons. The second-order valence-electron chi connectivity index (χ2n) is 4.93. The molecule has 0 saturated carbocycles. The first-order valence-electron chi connectivity index (χ1n) is 7.07. The van der Waals surface area contributed by atoms with E-state index >= 15 is 0 Å². The Kier molecular flexibility index (Phi) is 6.10. The number of hydrogen-bond acceptors (Lipinski definition) is 3. The van der Waals surface area contributed by atoms with Crippen molar-refractivity contribution in [3.8, 4) is 11.3 Å². The molecule has 0 amide bonds. The van der Waals surface area contributed by atoms with Gasteiger partial charge in [0.05, 0.1) is 21.4 Å². The first-order valence-corrected chi connectivity index (χ1v) is 8.20. The van der Waals surface area contributed by atoms with Gasteiger partial charge in [-0.15, -0.1) is 0 Å². The minimum absolute atomic E-state index is 0.0856. The van der Waals surface area contributed by atoms with Crippen molar-refractivity contribution in [3.63, 3.8) is 0 Å². The Morgan fingerprint density at radius 1 is 1.26 bits per heavy atom. The number of pyridine rings is 1. The highest BCUT2D eigenvalue weighted by molar-refractivity contribution is 6.37. The van der Waals surface area contributed by atoms with Gasteiger partial charge in [-0.3, -0.25) is 0 Å². The van der Waals surface area contributed by atoms with Gasteiger partial charge in [0.2, 0.25) is 0 Å². The molecule has 4 nitrogen and oxygen atoms in total. The van der Waals surface area contributed by atoms with Crippen LogP contribution in [-0.4, -0.2) is 22.6 Å². The number of carboxylic acid groups (broad SMARTS) is 1. The highest BCUT2D eigenvalue weighted by Gasteiger charge is 2.18. The summed E-state index contributed by atoms with van der Waals surface area (Å²) in [5.74, 6) is -1.19. The fraction of sp³-hybridized carbons (Fsp3) is 0.250. The van der Waals surface area contributed by atoms with E-state index in [0.29, 0.717) is 33.5 Å². The molecule has 0 atom stereocenters. The van der Waals surface area contributed by atoms with Crippen molar-refractivity contribution in [3.05, 3.63) is 45.0 Å². The maximum absolute atomic E-state index is 11.4. The summed E-state index contributed by atoms with van der Waals surface area (Å²) in [6, 6.07) is 6.64. The molecular formula is C16H15Cl3N2O2. The number of carboxylic acids is 1. The van der Waals surface area contributed by atoms with Crippen LogP contribution in [0.3, 0.4) is 0 Å². The number of carbonyl (C=O) groups is 1. The van der Waals surface area contributed by atoms with E-state index in [0.717, 1.165) is 12.8 Å². The summed E-state index contributed by atoms with van der Waals surface area (Å²) >= 11 is 18.2. The Morgan fingerprint density at radius 3 is 2.61 bits per heavy atom.